The summed E-state index contributed by atoms with van der Waals surface area (Å²) in [6.07, 6.45) is 0.797. The maximum Gasteiger partial charge on any atom is 0.272 e. The van der Waals surface area contributed by atoms with E-state index in [0.717, 1.165) is 24.7 Å². The highest BCUT2D eigenvalue weighted by molar-refractivity contribution is 5.50. The number of anilines is 2. The molecule has 2 N–H and O–H groups in total. The molecule has 0 aliphatic heterocycles. The zero-order valence-electron chi connectivity index (χ0n) is 11.4. The fourth-order valence-electron chi connectivity index (χ4n) is 1.86. The Morgan fingerprint density at radius 1 is 1.05 bits per heavy atom. The van der Waals surface area contributed by atoms with Crippen LogP contribution in [0.2, 0.25) is 0 Å². The molecule has 0 bridgehead atoms. The van der Waals surface area contributed by atoms with Gasteiger partial charge in [0.1, 0.15) is 0 Å². The van der Waals surface area contributed by atoms with Crippen molar-refractivity contribution in [1.82, 2.24) is 0 Å². The highest BCUT2D eigenvalue weighted by Gasteiger charge is 2.09. The van der Waals surface area contributed by atoms with Gasteiger partial charge in [-0.05, 0) is 24.6 Å². The van der Waals surface area contributed by atoms with E-state index in [-0.39, 0.29) is 11.4 Å². The Morgan fingerprint density at radius 2 is 1.76 bits per heavy atom. The molecule has 0 saturated carbocycles. The number of hydrogen-bond acceptors (Lipinski definition) is 4. The standard InChI is InChI=1S/C15H16FN3O2/c16-14-11-13(19(20)21)7-8-15(14)18-10-4-9-17-12-5-2-1-3-6-12/h1-3,5-8,11,17-18H,4,9-10H2. The minimum absolute atomic E-state index is 0.246. The number of nitro benzene ring substituents is 1. The van der Waals surface area contributed by atoms with Crippen LogP contribution in [0.4, 0.5) is 21.5 Å². The van der Waals surface area contributed by atoms with Crippen LogP contribution in [0.3, 0.4) is 0 Å². The molecular formula is C15H16FN3O2. The summed E-state index contributed by atoms with van der Waals surface area (Å²) in [5.74, 6) is -0.611. The fraction of sp³-hybridized carbons (Fsp3) is 0.200. The second kappa shape index (κ2) is 7.23. The molecule has 2 aromatic carbocycles. The van der Waals surface area contributed by atoms with E-state index in [1.807, 2.05) is 30.3 Å². The van der Waals surface area contributed by atoms with Crippen molar-refractivity contribution in [2.24, 2.45) is 0 Å². The van der Waals surface area contributed by atoms with Crippen LogP contribution in [0.5, 0.6) is 0 Å². The summed E-state index contributed by atoms with van der Waals surface area (Å²) in [5, 5.41) is 16.7. The molecule has 5 nitrogen and oxygen atoms in total. The molecule has 0 amide bonds. The topological polar surface area (TPSA) is 67.2 Å². The Morgan fingerprint density at radius 3 is 2.43 bits per heavy atom. The lowest BCUT2D eigenvalue weighted by Crippen LogP contribution is -2.10. The molecule has 110 valence electrons. The number of nitrogens with zero attached hydrogens (tertiary/aromatic N) is 1. The Balaban J connectivity index is 1.75. The van der Waals surface area contributed by atoms with Gasteiger partial charge in [-0.1, -0.05) is 18.2 Å². The highest BCUT2D eigenvalue weighted by Crippen LogP contribution is 2.20. The zero-order chi connectivity index (χ0) is 15.1. The minimum Gasteiger partial charge on any atom is -0.385 e. The Hall–Kier alpha value is -2.63. The zero-order valence-corrected chi connectivity index (χ0v) is 11.4. The van der Waals surface area contributed by atoms with Crippen LogP contribution >= 0.6 is 0 Å². The normalized spacial score (nSPS) is 10.1. The molecule has 0 aromatic heterocycles. The van der Waals surface area contributed by atoms with Gasteiger partial charge in [0, 0.05) is 24.8 Å². The SMILES string of the molecule is O=[N+]([O-])c1ccc(NCCCNc2ccccc2)c(F)c1. The molecule has 0 radical (unpaired) electrons. The molecule has 21 heavy (non-hydrogen) atoms. The quantitative estimate of drug-likeness (QED) is 0.464. The Labute approximate surface area is 122 Å². The lowest BCUT2D eigenvalue weighted by atomic mass is 10.2. The van der Waals surface area contributed by atoms with Crippen molar-refractivity contribution in [3.05, 3.63) is 64.5 Å². The molecule has 6 heteroatoms. The predicted molar refractivity (Wildman–Crippen MR) is 81.1 cm³/mol. The molecule has 0 fully saturated rings. The molecule has 0 spiro atoms. The molecule has 0 saturated heterocycles. The lowest BCUT2D eigenvalue weighted by molar-refractivity contribution is -0.385. The third-order valence-electron chi connectivity index (χ3n) is 2.94. The van der Waals surface area contributed by atoms with E-state index in [4.69, 9.17) is 0 Å². The van der Waals surface area contributed by atoms with Gasteiger partial charge in [-0.2, -0.15) is 0 Å². The van der Waals surface area contributed by atoms with Crippen LogP contribution < -0.4 is 10.6 Å². The van der Waals surface area contributed by atoms with Crippen LogP contribution in [-0.2, 0) is 0 Å². The van der Waals surface area contributed by atoms with Gasteiger partial charge >= 0.3 is 0 Å². The van der Waals surface area contributed by atoms with Gasteiger partial charge in [-0.15, -0.1) is 0 Å². The number of para-hydroxylation sites is 1. The van der Waals surface area contributed by atoms with Crippen molar-refractivity contribution < 1.29 is 9.31 Å². The van der Waals surface area contributed by atoms with Crippen molar-refractivity contribution in [2.45, 2.75) is 6.42 Å². The molecule has 0 heterocycles. The third kappa shape index (κ3) is 4.45. The summed E-state index contributed by atoms with van der Waals surface area (Å²) in [6, 6.07) is 13.4. The Bertz CT molecular complexity index is 605. The first kappa shape index (κ1) is 14.8. The molecular weight excluding hydrogens is 273 g/mol. The van der Waals surface area contributed by atoms with Crippen molar-refractivity contribution in [1.29, 1.82) is 0 Å². The number of nitrogens with one attached hydrogen (secondary N) is 2. The lowest BCUT2D eigenvalue weighted by Gasteiger charge is -2.09. The van der Waals surface area contributed by atoms with E-state index in [1.165, 1.54) is 12.1 Å². The van der Waals surface area contributed by atoms with Gasteiger partial charge in [0.25, 0.3) is 5.69 Å². The largest absolute Gasteiger partial charge is 0.385 e. The Kier molecular flexibility index (Phi) is 5.09. The second-order valence-corrected chi connectivity index (χ2v) is 4.49. The van der Waals surface area contributed by atoms with E-state index in [2.05, 4.69) is 10.6 Å². The third-order valence-corrected chi connectivity index (χ3v) is 2.94. The van der Waals surface area contributed by atoms with E-state index < -0.39 is 10.7 Å². The number of benzene rings is 2. The first-order valence-electron chi connectivity index (χ1n) is 6.63. The molecule has 0 atom stereocenters. The van der Waals surface area contributed by atoms with Crippen molar-refractivity contribution in [2.75, 3.05) is 23.7 Å². The molecule has 2 aromatic rings. The molecule has 0 aliphatic rings. The van der Waals surface area contributed by atoms with Gasteiger partial charge in [0.15, 0.2) is 5.82 Å². The van der Waals surface area contributed by atoms with Crippen LogP contribution in [-0.4, -0.2) is 18.0 Å². The molecule has 0 aliphatic carbocycles. The van der Waals surface area contributed by atoms with Crippen LogP contribution in [0.15, 0.2) is 48.5 Å². The summed E-state index contributed by atoms with van der Waals surface area (Å²) >= 11 is 0. The molecule has 2 rings (SSSR count). The number of hydrogen-bond donors (Lipinski definition) is 2. The summed E-state index contributed by atoms with van der Waals surface area (Å²) in [5.41, 5.74) is 1.07. The fourth-order valence-corrected chi connectivity index (χ4v) is 1.86. The summed E-state index contributed by atoms with van der Waals surface area (Å²) in [7, 11) is 0. The van der Waals surface area contributed by atoms with Crippen molar-refractivity contribution >= 4 is 17.1 Å². The van der Waals surface area contributed by atoms with Crippen molar-refractivity contribution in [3.8, 4) is 0 Å². The van der Waals surface area contributed by atoms with E-state index in [0.29, 0.717) is 6.54 Å². The summed E-state index contributed by atoms with van der Waals surface area (Å²) in [4.78, 5) is 9.89. The van der Waals surface area contributed by atoms with Crippen LogP contribution in [0.25, 0.3) is 0 Å². The van der Waals surface area contributed by atoms with E-state index in [1.54, 1.807) is 0 Å². The van der Waals surface area contributed by atoms with Gasteiger partial charge in [0.2, 0.25) is 0 Å². The van der Waals surface area contributed by atoms with Crippen molar-refractivity contribution in [3.63, 3.8) is 0 Å². The summed E-state index contributed by atoms with van der Waals surface area (Å²) < 4.78 is 13.6. The second-order valence-electron chi connectivity index (χ2n) is 4.49. The number of halogens is 1. The minimum atomic E-state index is -0.614. The van der Waals surface area contributed by atoms with Gasteiger partial charge < -0.3 is 10.6 Å². The monoisotopic (exact) mass is 289 g/mol. The predicted octanol–water partition coefficient (Wildman–Crippen LogP) is 3.65. The average molecular weight is 289 g/mol. The highest BCUT2D eigenvalue weighted by atomic mass is 19.1. The van der Waals surface area contributed by atoms with Crippen LogP contribution in [0, 0.1) is 15.9 Å². The van der Waals surface area contributed by atoms with E-state index in [9.17, 15) is 14.5 Å². The number of rotatable bonds is 7. The molecule has 0 unspecified atom stereocenters. The smallest absolute Gasteiger partial charge is 0.272 e. The van der Waals surface area contributed by atoms with Gasteiger partial charge in [-0.25, -0.2) is 4.39 Å². The first-order valence-corrected chi connectivity index (χ1v) is 6.63. The number of non-ortho nitro benzene ring substituents is 1. The van der Waals surface area contributed by atoms with Crippen LogP contribution in [0.1, 0.15) is 6.42 Å². The maximum absolute atomic E-state index is 13.6. The van der Waals surface area contributed by atoms with Gasteiger partial charge in [0.05, 0.1) is 16.7 Å². The maximum atomic E-state index is 13.6. The summed E-state index contributed by atoms with van der Waals surface area (Å²) in [6.45, 7) is 1.33. The van der Waals surface area contributed by atoms with E-state index >= 15 is 0 Å². The first-order chi connectivity index (χ1) is 10.2. The average Bonchev–Trinajstić information content (AvgIpc) is 2.49. The number of nitro groups is 1. The van der Waals surface area contributed by atoms with Gasteiger partial charge in [-0.3, -0.25) is 10.1 Å².